The van der Waals surface area contributed by atoms with Gasteiger partial charge in [0.05, 0.1) is 6.10 Å². The summed E-state index contributed by atoms with van der Waals surface area (Å²) >= 11 is 5.92. The maximum Gasteiger partial charge on any atom is 0.231 e. The van der Waals surface area contributed by atoms with Crippen LogP contribution in [0.4, 0.5) is 11.9 Å². The molecule has 98 valence electrons. The maximum atomic E-state index is 9.25. The lowest BCUT2D eigenvalue weighted by Crippen LogP contribution is -2.39. The lowest BCUT2D eigenvalue weighted by molar-refractivity contribution is 0.0834. The highest BCUT2D eigenvalue weighted by Gasteiger charge is 2.28. The molecule has 2 heterocycles. The zero-order valence-corrected chi connectivity index (χ0v) is 10.8. The average molecular weight is 270 g/mol. The highest BCUT2D eigenvalue weighted by Crippen LogP contribution is 2.24. The second-order valence-electron chi connectivity index (χ2n) is 4.89. The number of aliphatic hydroxyl groups excluding tert-OH is 1. The van der Waals surface area contributed by atoms with Crippen molar-refractivity contribution in [3.8, 4) is 0 Å². The van der Waals surface area contributed by atoms with E-state index >= 15 is 0 Å². The molecule has 1 aliphatic carbocycles. The number of rotatable bonds is 3. The molecule has 1 saturated heterocycles. The Morgan fingerprint density at radius 1 is 1.17 bits per heavy atom. The monoisotopic (exact) mass is 269 g/mol. The molecule has 0 unspecified atom stereocenters. The molecule has 0 aromatic carbocycles. The van der Waals surface area contributed by atoms with E-state index in [1.54, 1.807) is 0 Å². The number of hydrogen-bond acceptors (Lipinski definition) is 6. The third kappa shape index (κ3) is 2.49. The van der Waals surface area contributed by atoms with Gasteiger partial charge in [-0.3, -0.25) is 0 Å². The molecule has 1 saturated carbocycles. The number of nitrogens with one attached hydrogen (secondary N) is 1. The normalized spacial score (nSPS) is 27.1. The number of anilines is 2. The molecule has 2 N–H and O–H groups in total. The van der Waals surface area contributed by atoms with E-state index in [9.17, 15) is 5.11 Å². The largest absolute Gasteiger partial charge is 0.393 e. The minimum atomic E-state index is -0.196. The zero-order valence-electron chi connectivity index (χ0n) is 10.0. The van der Waals surface area contributed by atoms with E-state index in [-0.39, 0.29) is 17.4 Å². The molecular weight excluding hydrogens is 254 g/mol. The quantitative estimate of drug-likeness (QED) is 0.855. The van der Waals surface area contributed by atoms with Gasteiger partial charge >= 0.3 is 0 Å². The first-order valence-corrected chi connectivity index (χ1v) is 6.69. The van der Waals surface area contributed by atoms with Crippen LogP contribution in [0.3, 0.4) is 0 Å². The molecule has 0 amide bonds. The Labute approximate surface area is 110 Å². The summed E-state index contributed by atoms with van der Waals surface area (Å²) in [4.78, 5) is 14.7. The summed E-state index contributed by atoms with van der Waals surface area (Å²) in [6, 6.07) is 0.241. The summed E-state index contributed by atoms with van der Waals surface area (Å²) in [5.41, 5.74) is 0. The van der Waals surface area contributed by atoms with Crippen molar-refractivity contribution in [1.29, 1.82) is 0 Å². The fourth-order valence-electron chi connectivity index (χ4n) is 2.35. The average Bonchev–Trinajstić information content (AvgIpc) is 2.79. The first kappa shape index (κ1) is 11.9. The van der Waals surface area contributed by atoms with E-state index in [0.29, 0.717) is 11.9 Å². The second kappa shape index (κ2) is 4.85. The van der Waals surface area contributed by atoms with Gasteiger partial charge in [0.2, 0.25) is 17.2 Å². The fraction of sp³-hybridized carbons (Fsp3) is 0.727. The topological polar surface area (TPSA) is 74.2 Å². The summed E-state index contributed by atoms with van der Waals surface area (Å²) in [6.07, 6.45) is 3.62. The van der Waals surface area contributed by atoms with Crippen molar-refractivity contribution in [1.82, 2.24) is 15.0 Å². The van der Waals surface area contributed by atoms with Gasteiger partial charge in [0, 0.05) is 19.1 Å². The minimum Gasteiger partial charge on any atom is -0.393 e. The summed E-state index contributed by atoms with van der Waals surface area (Å²) < 4.78 is 0. The standard InChI is InChI=1S/C11H16ClN5O/c12-9-14-10(13-7-5-8(18)6-7)16-11(15-9)17-3-1-2-4-17/h7-8,18H,1-6H2,(H,13,14,15,16). The summed E-state index contributed by atoms with van der Waals surface area (Å²) in [6.45, 7) is 1.95. The van der Waals surface area contributed by atoms with Crippen molar-refractivity contribution in [2.24, 2.45) is 0 Å². The Morgan fingerprint density at radius 2 is 1.89 bits per heavy atom. The Morgan fingerprint density at radius 3 is 2.56 bits per heavy atom. The van der Waals surface area contributed by atoms with Gasteiger partial charge in [0.1, 0.15) is 0 Å². The zero-order chi connectivity index (χ0) is 12.5. The van der Waals surface area contributed by atoms with Crippen molar-refractivity contribution in [3.63, 3.8) is 0 Å². The molecule has 1 aromatic rings. The predicted octanol–water partition coefficient (Wildman–Crippen LogP) is 1.06. The summed E-state index contributed by atoms with van der Waals surface area (Å²) in [7, 11) is 0. The first-order chi connectivity index (χ1) is 8.70. The summed E-state index contributed by atoms with van der Waals surface area (Å²) in [5.74, 6) is 1.16. The lowest BCUT2D eigenvalue weighted by atomic mass is 9.90. The third-order valence-corrected chi connectivity index (χ3v) is 3.60. The van der Waals surface area contributed by atoms with Gasteiger partial charge < -0.3 is 15.3 Å². The lowest BCUT2D eigenvalue weighted by Gasteiger charge is -2.32. The number of aliphatic hydroxyl groups is 1. The van der Waals surface area contributed by atoms with Crippen LogP contribution in [0.1, 0.15) is 25.7 Å². The molecule has 18 heavy (non-hydrogen) atoms. The molecule has 3 rings (SSSR count). The fourth-order valence-corrected chi connectivity index (χ4v) is 2.51. The van der Waals surface area contributed by atoms with Gasteiger partial charge in [0.25, 0.3) is 0 Å². The molecule has 0 spiro atoms. The third-order valence-electron chi connectivity index (χ3n) is 3.43. The van der Waals surface area contributed by atoms with Crippen LogP contribution in [0, 0.1) is 0 Å². The highest BCUT2D eigenvalue weighted by molar-refractivity contribution is 6.28. The molecule has 0 radical (unpaired) electrons. The van der Waals surface area contributed by atoms with Crippen LogP contribution >= 0.6 is 11.6 Å². The Kier molecular flexibility index (Phi) is 3.22. The Hall–Kier alpha value is -1.14. The molecule has 7 heteroatoms. The number of halogens is 1. The van der Waals surface area contributed by atoms with Crippen molar-refractivity contribution >= 4 is 23.5 Å². The van der Waals surface area contributed by atoms with Gasteiger partial charge in [-0.25, -0.2) is 0 Å². The molecule has 2 aliphatic rings. The maximum absolute atomic E-state index is 9.25. The van der Waals surface area contributed by atoms with Crippen LogP contribution in [0.5, 0.6) is 0 Å². The Bertz CT molecular complexity index is 431. The number of nitrogens with zero attached hydrogens (tertiary/aromatic N) is 4. The van der Waals surface area contributed by atoms with Crippen LogP contribution < -0.4 is 10.2 Å². The number of hydrogen-bond donors (Lipinski definition) is 2. The van der Waals surface area contributed by atoms with E-state index < -0.39 is 0 Å². The van der Waals surface area contributed by atoms with Crippen molar-refractivity contribution < 1.29 is 5.11 Å². The molecule has 6 nitrogen and oxygen atoms in total. The molecule has 1 aromatic heterocycles. The summed E-state index contributed by atoms with van der Waals surface area (Å²) in [5, 5.41) is 12.6. The van der Waals surface area contributed by atoms with Crippen LogP contribution in [0.25, 0.3) is 0 Å². The molecule has 0 atom stereocenters. The first-order valence-electron chi connectivity index (χ1n) is 6.32. The van der Waals surface area contributed by atoms with Crippen molar-refractivity contribution in [3.05, 3.63) is 5.28 Å². The van der Waals surface area contributed by atoms with E-state index in [4.69, 9.17) is 11.6 Å². The molecule has 0 bridgehead atoms. The van der Waals surface area contributed by atoms with Crippen LogP contribution in [-0.4, -0.2) is 45.3 Å². The predicted molar refractivity (Wildman–Crippen MR) is 68.9 cm³/mol. The molecule has 2 fully saturated rings. The van der Waals surface area contributed by atoms with Crippen LogP contribution in [-0.2, 0) is 0 Å². The highest BCUT2D eigenvalue weighted by atomic mass is 35.5. The van der Waals surface area contributed by atoms with E-state index in [2.05, 4.69) is 25.2 Å². The van der Waals surface area contributed by atoms with E-state index in [0.717, 1.165) is 25.9 Å². The van der Waals surface area contributed by atoms with Gasteiger partial charge in [-0.15, -0.1) is 0 Å². The molecule has 1 aliphatic heterocycles. The Balaban J connectivity index is 1.73. The van der Waals surface area contributed by atoms with Gasteiger partial charge in [-0.05, 0) is 37.3 Å². The second-order valence-corrected chi connectivity index (χ2v) is 5.23. The van der Waals surface area contributed by atoms with Gasteiger partial charge in [-0.2, -0.15) is 15.0 Å². The van der Waals surface area contributed by atoms with Crippen molar-refractivity contribution in [2.75, 3.05) is 23.3 Å². The van der Waals surface area contributed by atoms with E-state index in [1.807, 2.05) is 0 Å². The van der Waals surface area contributed by atoms with Crippen LogP contribution in [0.15, 0.2) is 0 Å². The number of aromatic nitrogens is 3. The van der Waals surface area contributed by atoms with Gasteiger partial charge in [-0.1, -0.05) is 0 Å². The molecular formula is C11H16ClN5O. The SMILES string of the molecule is OC1CC(Nc2nc(Cl)nc(N3CCCC3)n2)C1. The van der Waals surface area contributed by atoms with E-state index in [1.165, 1.54) is 12.8 Å². The van der Waals surface area contributed by atoms with Crippen LogP contribution in [0.2, 0.25) is 5.28 Å². The van der Waals surface area contributed by atoms with Crippen molar-refractivity contribution in [2.45, 2.75) is 37.8 Å². The minimum absolute atomic E-state index is 0.196. The smallest absolute Gasteiger partial charge is 0.231 e. The van der Waals surface area contributed by atoms with Gasteiger partial charge in [0.15, 0.2) is 0 Å².